The topological polar surface area (TPSA) is 97.1 Å². The molecule has 0 unspecified atom stereocenters. The van der Waals surface area contributed by atoms with Crippen LogP contribution < -0.4 is 5.32 Å². The van der Waals surface area contributed by atoms with Gasteiger partial charge in [0, 0.05) is 5.92 Å². The first kappa shape index (κ1) is 15.6. The summed E-state index contributed by atoms with van der Waals surface area (Å²) in [5, 5.41) is 18.8. The minimum absolute atomic E-state index is 0.113. The molecule has 0 aliphatic rings. The Morgan fingerprint density at radius 1 is 1.40 bits per heavy atom. The first-order valence-electron chi connectivity index (χ1n) is 6.17. The number of nitrogens with zero attached hydrogens (tertiary/aromatic N) is 3. The van der Waals surface area contributed by atoms with Gasteiger partial charge in [0.2, 0.25) is 5.91 Å². The molecule has 1 heterocycles. The Kier molecular flexibility index (Phi) is 6.15. The van der Waals surface area contributed by atoms with Gasteiger partial charge in [-0.05, 0) is 12.8 Å². The highest BCUT2D eigenvalue weighted by Crippen LogP contribution is 2.10. The minimum Gasteiger partial charge on any atom is -0.480 e. The van der Waals surface area contributed by atoms with Gasteiger partial charge in [0.15, 0.2) is 0 Å². The third-order valence-electron chi connectivity index (χ3n) is 2.60. The highest BCUT2D eigenvalue weighted by Gasteiger charge is 2.15. The van der Waals surface area contributed by atoms with E-state index in [0.29, 0.717) is 18.5 Å². The van der Waals surface area contributed by atoms with Crippen molar-refractivity contribution in [3.63, 3.8) is 0 Å². The van der Waals surface area contributed by atoms with Crippen molar-refractivity contribution in [2.45, 2.75) is 25.9 Å². The fourth-order valence-electron chi connectivity index (χ4n) is 1.67. The molecule has 0 aliphatic carbocycles. The molecular weight excluding hydrogens is 260 g/mol. The molecule has 0 aliphatic heterocycles. The molecule has 0 atom stereocenters. The van der Waals surface area contributed by atoms with Gasteiger partial charge >= 0.3 is 5.97 Å². The van der Waals surface area contributed by atoms with Crippen LogP contribution >= 0.6 is 0 Å². The molecule has 0 saturated heterocycles. The Morgan fingerprint density at radius 2 is 2.05 bits per heavy atom. The quantitative estimate of drug-likeness (QED) is 0.650. The summed E-state index contributed by atoms with van der Waals surface area (Å²) in [5.41, 5.74) is 0.510. The van der Waals surface area contributed by atoms with Crippen LogP contribution in [-0.4, -0.2) is 32.0 Å². The van der Waals surface area contributed by atoms with E-state index >= 15 is 0 Å². The number of aromatic nitrogens is 3. The number of allylic oxidation sites excluding steroid dienone is 2. The lowest BCUT2D eigenvalue weighted by atomic mass is 10.0. The fourth-order valence-corrected chi connectivity index (χ4v) is 1.67. The van der Waals surface area contributed by atoms with E-state index in [1.165, 1.54) is 10.9 Å². The van der Waals surface area contributed by atoms with Gasteiger partial charge in [-0.15, -0.1) is 18.3 Å². The van der Waals surface area contributed by atoms with E-state index in [-0.39, 0.29) is 24.9 Å². The zero-order valence-corrected chi connectivity index (χ0v) is 11.2. The van der Waals surface area contributed by atoms with E-state index in [4.69, 9.17) is 5.11 Å². The molecular formula is C13H18N4O3. The number of hydrogen-bond donors (Lipinski definition) is 2. The number of carbonyl (C=O) groups is 2. The van der Waals surface area contributed by atoms with E-state index < -0.39 is 5.97 Å². The summed E-state index contributed by atoms with van der Waals surface area (Å²) >= 11 is 0. The van der Waals surface area contributed by atoms with Crippen LogP contribution in [-0.2, 0) is 22.7 Å². The molecule has 7 heteroatoms. The summed E-state index contributed by atoms with van der Waals surface area (Å²) in [6, 6.07) is 0. The maximum Gasteiger partial charge on any atom is 0.325 e. The fraction of sp³-hybridized carbons (Fsp3) is 0.385. The molecule has 7 nitrogen and oxygen atoms in total. The lowest BCUT2D eigenvalue weighted by Crippen LogP contribution is -2.30. The van der Waals surface area contributed by atoms with Gasteiger partial charge in [-0.3, -0.25) is 9.59 Å². The molecule has 1 aromatic heterocycles. The van der Waals surface area contributed by atoms with Gasteiger partial charge in [-0.1, -0.05) is 17.4 Å². The number of carbonyl (C=O) groups excluding carboxylic acids is 1. The molecule has 0 fully saturated rings. The van der Waals surface area contributed by atoms with Crippen molar-refractivity contribution < 1.29 is 14.7 Å². The van der Waals surface area contributed by atoms with E-state index in [1.807, 2.05) is 0 Å². The summed E-state index contributed by atoms with van der Waals surface area (Å²) in [4.78, 5) is 22.4. The number of nitrogens with one attached hydrogen (secondary N) is 1. The highest BCUT2D eigenvalue weighted by atomic mass is 16.4. The van der Waals surface area contributed by atoms with Gasteiger partial charge in [-0.25, -0.2) is 4.68 Å². The number of rotatable bonds is 9. The zero-order chi connectivity index (χ0) is 15.0. The van der Waals surface area contributed by atoms with Gasteiger partial charge in [0.05, 0.1) is 12.7 Å². The van der Waals surface area contributed by atoms with Crippen molar-refractivity contribution in [1.29, 1.82) is 0 Å². The van der Waals surface area contributed by atoms with Gasteiger partial charge in [0.25, 0.3) is 0 Å². The largest absolute Gasteiger partial charge is 0.480 e. The standard InChI is InChI=1S/C13H18N4O3/c1-3-5-10(6-4-2)13(20)14-7-11-8-17(16-15-11)9-12(18)19/h3-4,8,10H,1-2,5-7,9H2,(H,14,20)(H,18,19). The maximum absolute atomic E-state index is 11.9. The predicted molar refractivity (Wildman–Crippen MR) is 72.6 cm³/mol. The minimum atomic E-state index is -0.998. The predicted octanol–water partition coefficient (Wildman–Crippen LogP) is 0.747. The van der Waals surface area contributed by atoms with Crippen LogP contribution in [0.25, 0.3) is 0 Å². The second-order valence-corrected chi connectivity index (χ2v) is 4.26. The van der Waals surface area contributed by atoms with Crippen molar-refractivity contribution >= 4 is 11.9 Å². The van der Waals surface area contributed by atoms with E-state index in [1.54, 1.807) is 12.2 Å². The lowest BCUT2D eigenvalue weighted by Gasteiger charge is -2.12. The third-order valence-corrected chi connectivity index (χ3v) is 2.60. The smallest absolute Gasteiger partial charge is 0.325 e. The maximum atomic E-state index is 11.9. The van der Waals surface area contributed by atoms with Gasteiger partial charge in [-0.2, -0.15) is 0 Å². The molecule has 0 aromatic carbocycles. The highest BCUT2D eigenvalue weighted by molar-refractivity contribution is 5.78. The van der Waals surface area contributed by atoms with Crippen molar-refractivity contribution in [1.82, 2.24) is 20.3 Å². The summed E-state index contributed by atoms with van der Waals surface area (Å²) in [6.07, 6.45) is 6.02. The van der Waals surface area contributed by atoms with Crippen LogP contribution in [0.3, 0.4) is 0 Å². The summed E-state index contributed by atoms with van der Waals surface area (Å²) in [7, 11) is 0. The molecule has 108 valence electrons. The zero-order valence-electron chi connectivity index (χ0n) is 11.2. The van der Waals surface area contributed by atoms with Crippen LogP contribution in [0.1, 0.15) is 18.5 Å². The lowest BCUT2D eigenvalue weighted by molar-refractivity contribution is -0.138. The van der Waals surface area contributed by atoms with Crippen LogP contribution in [0, 0.1) is 5.92 Å². The molecule has 0 spiro atoms. The monoisotopic (exact) mass is 278 g/mol. The number of carboxylic acids is 1. The van der Waals surface area contributed by atoms with E-state index in [2.05, 4.69) is 28.8 Å². The molecule has 1 rings (SSSR count). The Labute approximate surface area is 117 Å². The average molecular weight is 278 g/mol. The Hall–Kier alpha value is -2.44. The molecule has 0 bridgehead atoms. The summed E-state index contributed by atoms with van der Waals surface area (Å²) < 4.78 is 1.20. The van der Waals surface area contributed by atoms with Crippen LogP contribution in [0.2, 0.25) is 0 Å². The van der Waals surface area contributed by atoms with Crippen molar-refractivity contribution in [2.75, 3.05) is 0 Å². The van der Waals surface area contributed by atoms with Crippen molar-refractivity contribution in [2.24, 2.45) is 5.92 Å². The first-order valence-corrected chi connectivity index (χ1v) is 6.17. The summed E-state index contributed by atoms with van der Waals surface area (Å²) in [5.74, 6) is -1.31. The third kappa shape index (κ3) is 5.05. The Bertz CT molecular complexity index is 486. The average Bonchev–Trinajstić information content (AvgIpc) is 2.82. The van der Waals surface area contributed by atoms with Crippen LogP contribution in [0.15, 0.2) is 31.5 Å². The molecule has 1 aromatic rings. The number of carboxylic acid groups (broad SMARTS) is 1. The number of aliphatic carboxylic acids is 1. The van der Waals surface area contributed by atoms with Crippen molar-refractivity contribution in [3.05, 3.63) is 37.2 Å². The summed E-state index contributed by atoms with van der Waals surface area (Å²) in [6.45, 7) is 7.20. The van der Waals surface area contributed by atoms with Gasteiger partial charge in [0.1, 0.15) is 12.2 Å². The van der Waals surface area contributed by atoms with E-state index in [0.717, 1.165) is 0 Å². The Balaban J connectivity index is 2.50. The molecule has 2 N–H and O–H groups in total. The second-order valence-electron chi connectivity index (χ2n) is 4.26. The van der Waals surface area contributed by atoms with Crippen LogP contribution in [0.4, 0.5) is 0 Å². The van der Waals surface area contributed by atoms with Crippen LogP contribution in [0.5, 0.6) is 0 Å². The van der Waals surface area contributed by atoms with Gasteiger partial charge < -0.3 is 10.4 Å². The van der Waals surface area contributed by atoms with E-state index in [9.17, 15) is 9.59 Å². The Morgan fingerprint density at radius 3 is 2.60 bits per heavy atom. The molecule has 20 heavy (non-hydrogen) atoms. The molecule has 1 amide bonds. The number of hydrogen-bond acceptors (Lipinski definition) is 4. The molecule has 0 saturated carbocycles. The first-order chi connectivity index (χ1) is 9.56. The normalized spacial score (nSPS) is 10.2. The number of amides is 1. The van der Waals surface area contributed by atoms with Crippen molar-refractivity contribution in [3.8, 4) is 0 Å². The SMILES string of the molecule is C=CCC(CC=C)C(=O)NCc1cn(CC(=O)O)nn1. The molecule has 0 radical (unpaired) electrons. The second kappa shape index (κ2) is 7.88.